The number of carboxylic acid groups (broad SMARTS) is 1. The van der Waals surface area contributed by atoms with Crippen molar-refractivity contribution < 1.29 is 24.2 Å². The summed E-state index contributed by atoms with van der Waals surface area (Å²) in [6.07, 6.45) is 0. The van der Waals surface area contributed by atoms with Crippen LogP contribution in [-0.4, -0.2) is 35.7 Å². The summed E-state index contributed by atoms with van der Waals surface area (Å²) in [5, 5.41) is 13.9. The molecule has 2 aromatic rings. The molecule has 1 amide bonds. The van der Waals surface area contributed by atoms with Crippen LogP contribution in [0.25, 0.3) is 0 Å². The van der Waals surface area contributed by atoms with Crippen LogP contribution in [0.4, 0.5) is 0 Å². The summed E-state index contributed by atoms with van der Waals surface area (Å²) in [5.41, 5.74) is 1.23. The molecule has 0 aliphatic carbocycles. The Balaban J connectivity index is 1.94. The van der Waals surface area contributed by atoms with Gasteiger partial charge in [0.25, 0.3) is 5.91 Å². The normalized spacial score (nSPS) is 11.8. The van der Waals surface area contributed by atoms with Crippen LogP contribution in [0, 0.1) is 0 Å². The largest absolute Gasteiger partial charge is 0.482 e. The highest BCUT2D eigenvalue weighted by Crippen LogP contribution is 2.18. The van der Waals surface area contributed by atoms with Crippen LogP contribution in [0.15, 0.2) is 29.6 Å². The van der Waals surface area contributed by atoms with Crippen molar-refractivity contribution in [1.29, 1.82) is 0 Å². The molecule has 128 valence electrons. The van der Waals surface area contributed by atoms with Gasteiger partial charge in [0.2, 0.25) is 0 Å². The summed E-state index contributed by atoms with van der Waals surface area (Å²) >= 11 is 1.37. The minimum absolute atomic E-state index is 0.224. The van der Waals surface area contributed by atoms with Crippen molar-refractivity contribution in [1.82, 2.24) is 10.3 Å². The number of nitrogens with one attached hydrogen (secondary N) is 1. The molecule has 8 heteroatoms. The number of carbonyl (C=O) groups is 2. The Bertz CT molecular complexity index is 699. The van der Waals surface area contributed by atoms with Gasteiger partial charge in [0.15, 0.2) is 6.61 Å². The second-order valence-electron chi connectivity index (χ2n) is 5.01. The van der Waals surface area contributed by atoms with E-state index in [-0.39, 0.29) is 18.6 Å². The molecule has 1 aromatic heterocycles. The van der Waals surface area contributed by atoms with Crippen LogP contribution in [0.3, 0.4) is 0 Å². The smallest absolute Gasteiger partial charge is 0.341 e. The molecule has 0 aliphatic heterocycles. The minimum atomic E-state index is -1.03. The second kappa shape index (κ2) is 8.42. The quantitative estimate of drug-likeness (QED) is 0.758. The van der Waals surface area contributed by atoms with Crippen LogP contribution in [0.2, 0.25) is 0 Å². The fourth-order valence-corrected chi connectivity index (χ4v) is 2.70. The van der Waals surface area contributed by atoms with Crippen molar-refractivity contribution in [2.45, 2.75) is 19.6 Å². The summed E-state index contributed by atoms with van der Waals surface area (Å²) in [4.78, 5) is 26.9. The van der Waals surface area contributed by atoms with Gasteiger partial charge in [0.05, 0.1) is 12.6 Å². The molecule has 0 saturated carbocycles. The highest BCUT2D eigenvalue weighted by molar-refractivity contribution is 7.09. The van der Waals surface area contributed by atoms with Crippen molar-refractivity contribution >= 4 is 23.2 Å². The van der Waals surface area contributed by atoms with Crippen molar-refractivity contribution in [2.75, 3.05) is 13.7 Å². The van der Waals surface area contributed by atoms with Crippen molar-refractivity contribution in [2.24, 2.45) is 0 Å². The van der Waals surface area contributed by atoms with Crippen molar-refractivity contribution in [3.63, 3.8) is 0 Å². The second-order valence-corrected chi connectivity index (χ2v) is 5.95. The molecule has 2 rings (SSSR count). The number of thiazole rings is 1. The van der Waals surface area contributed by atoms with E-state index in [4.69, 9.17) is 14.6 Å². The summed E-state index contributed by atoms with van der Waals surface area (Å²) in [6.45, 7) is 1.85. The highest BCUT2D eigenvalue weighted by atomic mass is 32.1. The van der Waals surface area contributed by atoms with Gasteiger partial charge in [-0.3, -0.25) is 4.79 Å². The molecule has 0 bridgehead atoms. The number of aliphatic carboxylic acids is 1. The first kappa shape index (κ1) is 17.9. The van der Waals surface area contributed by atoms with Crippen LogP contribution >= 0.6 is 11.3 Å². The molecular weight excluding hydrogens is 332 g/mol. The van der Waals surface area contributed by atoms with E-state index in [1.165, 1.54) is 11.3 Å². The summed E-state index contributed by atoms with van der Waals surface area (Å²) < 4.78 is 10.1. The van der Waals surface area contributed by atoms with Gasteiger partial charge in [-0.15, -0.1) is 11.3 Å². The molecule has 2 N–H and O–H groups in total. The lowest BCUT2D eigenvalue weighted by Gasteiger charge is -2.14. The number of ether oxygens (including phenoxy) is 2. The Kier molecular flexibility index (Phi) is 6.28. The predicted octanol–water partition coefficient (Wildman–Crippen LogP) is 2.24. The Morgan fingerprint density at radius 1 is 1.33 bits per heavy atom. The zero-order valence-electron chi connectivity index (χ0n) is 13.3. The first-order chi connectivity index (χ1) is 11.5. The van der Waals surface area contributed by atoms with Gasteiger partial charge in [0, 0.05) is 12.5 Å². The summed E-state index contributed by atoms with van der Waals surface area (Å²) in [7, 11) is 1.58. The fourth-order valence-electron chi connectivity index (χ4n) is 1.96. The molecule has 1 aromatic carbocycles. The average molecular weight is 350 g/mol. The zero-order chi connectivity index (χ0) is 17.5. The maximum atomic E-state index is 12.2. The molecule has 0 spiro atoms. The number of hydrogen-bond donors (Lipinski definition) is 2. The molecule has 0 aliphatic rings. The lowest BCUT2D eigenvalue weighted by molar-refractivity contribution is -0.139. The van der Waals surface area contributed by atoms with Gasteiger partial charge < -0.3 is 19.9 Å². The lowest BCUT2D eigenvalue weighted by atomic mass is 10.1. The van der Waals surface area contributed by atoms with E-state index in [9.17, 15) is 9.59 Å². The van der Waals surface area contributed by atoms with Crippen LogP contribution in [0.1, 0.15) is 34.0 Å². The van der Waals surface area contributed by atoms with Gasteiger partial charge in [-0.05, 0) is 24.6 Å². The Labute approximate surface area is 143 Å². The number of amides is 1. The van der Waals surface area contributed by atoms with Crippen LogP contribution in [-0.2, 0) is 16.1 Å². The molecule has 7 nitrogen and oxygen atoms in total. The Hall–Kier alpha value is -2.45. The van der Waals surface area contributed by atoms with Crippen molar-refractivity contribution in [3.8, 4) is 5.75 Å². The van der Waals surface area contributed by atoms with E-state index >= 15 is 0 Å². The molecule has 0 fully saturated rings. The number of nitrogens with zero attached hydrogens (tertiary/aromatic N) is 1. The minimum Gasteiger partial charge on any atom is -0.482 e. The molecule has 0 radical (unpaired) electrons. The molecule has 1 heterocycles. The van der Waals surface area contributed by atoms with E-state index in [1.54, 1.807) is 36.8 Å². The maximum Gasteiger partial charge on any atom is 0.341 e. The molecule has 1 atom stereocenters. The lowest BCUT2D eigenvalue weighted by Crippen LogP contribution is -2.26. The molecule has 24 heavy (non-hydrogen) atoms. The third-order valence-corrected chi connectivity index (χ3v) is 3.96. The molecule has 1 unspecified atom stereocenters. The zero-order valence-corrected chi connectivity index (χ0v) is 14.1. The van der Waals surface area contributed by atoms with Crippen molar-refractivity contribution in [3.05, 3.63) is 45.9 Å². The topological polar surface area (TPSA) is 97.8 Å². The van der Waals surface area contributed by atoms with Gasteiger partial charge in [-0.1, -0.05) is 12.1 Å². The first-order valence-electron chi connectivity index (χ1n) is 7.18. The number of methoxy groups -OCH3 is 1. The van der Waals surface area contributed by atoms with Gasteiger partial charge in [-0.25, -0.2) is 9.78 Å². The Morgan fingerprint density at radius 2 is 2.04 bits per heavy atom. The number of carboxylic acids is 1. The average Bonchev–Trinajstić information content (AvgIpc) is 3.02. The highest BCUT2D eigenvalue weighted by Gasteiger charge is 2.14. The third-order valence-electron chi connectivity index (χ3n) is 3.14. The number of carbonyl (C=O) groups excluding carboxylic acids is 1. The fraction of sp³-hybridized carbons (Fsp3) is 0.312. The number of aromatic nitrogens is 1. The maximum absolute atomic E-state index is 12.2. The summed E-state index contributed by atoms with van der Waals surface area (Å²) in [5.74, 6) is -0.827. The Morgan fingerprint density at radius 3 is 2.67 bits per heavy atom. The number of benzene rings is 1. The van der Waals surface area contributed by atoms with Crippen LogP contribution in [0.5, 0.6) is 5.75 Å². The SMILES string of the molecule is COCc1nc(C(=O)NC(C)c2ccc(OCC(=O)O)cc2)cs1. The van der Waals surface area contributed by atoms with Gasteiger partial charge in [-0.2, -0.15) is 0 Å². The van der Waals surface area contributed by atoms with Crippen LogP contribution < -0.4 is 10.1 Å². The molecule has 0 saturated heterocycles. The standard InChI is InChI=1S/C16H18N2O5S/c1-10(11-3-5-12(6-4-11)23-8-15(19)20)17-16(21)13-9-24-14(18-13)7-22-2/h3-6,9-10H,7-8H2,1-2H3,(H,17,21)(H,19,20). The van der Waals surface area contributed by atoms with E-state index in [2.05, 4.69) is 10.3 Å². The van der Waals surface area contributed by atoms with E-state index in [0.29, 0.717) is 18.1 Å². The van der Waals surface area contributed by atoms with Gasteiger partial charge >= 0.3 is 5.97 Å². The molecular formula is C16H18N2O5S. The monoisotopic (exact) mass is 350 g/mol. The first-order valence-corrected chi connectivity index (χ1v) is 8.06. The number of hydrogen-bond acceptors (Lipinski definition) is 6. The summed E-state index contributed by atoms with van der Waals surface area (Å²) in [6, 6.07) is 6.67. The number of rotatable bonds is 8. The third kappa shape index (κ3) is 5.04. The van der Waals surface area contributed by atoms with E-state index in [0.717, 1.165) is 10.6 Å². The van der Waals surface area contributed by atoms with E-state index < -0.39 is 5.97 Å². The van der Waals surface area contributed by atoms with E-state index in [1.807, 2.05) is 6.92 Å². The predicted molar refractivity (Wildman–Crippen MR) is 88.3 cm³/mol. The van der Waals surface area contributed by atoms with Gasteiger partial charge in [0.1, 0.15) is 16.5 Å².